The van der Waals surface area contributed by atoms with Gasteiger partial charge in [0.25, 0.3) is 11.8 Å². The molecule has 0 saturated carbocycles. The number of aliphatic carboxylic acids is 1. The molecule has 0 spiro atoms. The molecule has 0 saturated heterocycles. The fraction of sp³-hybridized carbons (Fsp3) is 0.259. The van der Waals surface area contributed by atoms with Gasteiger partial charge in [-0.25, -0.2) is 18.2 Å². The number of benzene rings is 1. The van der Waals surface area contributed by atoms with E-state index in [0.717, 1.165) is 22.8 Å². The van der Waals surface area contributed by atoms with E-state index in [0.29, 0.717) is 36.4 Å². The summed E-state index contributed by atoms with van der Waals surface area (Å²) in [5.74, 6) is -2.09. The molecular formula is C27H25ClN4O7S. The summed E-state index contributed by atoms with van der Waals surface area (Å²) in [6, 6.07) is 8.40. The smallest absolute Gasteiger partial charge is 0.326 e. The number of hydrogen-bond acceptors (Lipinski definition) is 7. The van der Waals surface area contributed by atoms with Crippen molar-refractivity contribution in [3.8, 4) is 0 Å². The van der Waals surface area contributed by atoms with Crippen LogP contribution in [-0.4, -0.2) is 65.0 Å². The van der Waals surface area contributed by atoms with Crippen LogP contribution in [0.3, 0.4) is 0 Å². The van der Waals surface area contributed by atoms with Gasteiger partial charge in [0.2, 0.25) is 14.9 Å². The Morgan fingerprint density at radius 3 is 2.70 bits per heavy atom. The quantitative estimate of drug-likeness (QED) is 0.298. The second-order valence-electron chi connectivity index (χ2n) is 9.68. The number of amides is 2. The van der Waals surface area contributed by atoms with E-state index in [-0.39, 0.29) is 33.8 Å². The van der Waals surface area contributed by atoms with Crippen LogP contribution < -0.4 is 5.32 Å². The van der Waals surface area contributed by atoms with E-state index in [2.05, 4.69) is 15.3 Å². The number of nitrogens with one attached hydrogen (secondary N) is 2. The van der Waals surface area contributed by atoms with Crippen LogP contribution in [0.5, 0.6) is 0 Å². The number of aromatic nitrogens is 2. The second kappa shape index (κ2) is 10.4. The van der Waals surface area contributed by atoms with E-state index in [1.54, 1.807) is 36.2 Å². The third-order valence-corrected chi connectivity index (χ3v) is 8.17. The number of rotatable bonds is 7. The van der Waals surface area contributed by atoms with Gasteiger partial charge in [0.1, 0.15) is 23.1 Å². The summed E-state index contributed by atoms with van der Waals surface area (Å²) >= 11 is 6.69. The number of carboxylic acids is 1. The highest BCUT2D eigenvalue weighted by molar-refractivity contribution is 7.90. The molecule has 0 radical (unpaired) electrons. The van der Waals surface area contributed by atoms with Crippen LogP contribution in [0.15, 0.2) is 52.1 Å². The molecule has 1 aliphatic rings. The lowest BCUT2D eigenvalue weighted by Gasteiger charge is -2.30. The first kappa shape index (κ1) is 27.4. The van der Waals surface area contributed by atoms with Gasteiger partial charge in [-0.3, -0.25) is 9.59 Å². The van der Waals surface area contributed by atoms with Gasteiger partial charge in [-0.1, -0.05) is 17.7 Å². The van der Waals surface area contributed by atoms with Crippen molar-refractivity contribution >= 4 is 50.3 Å². The number of carbonyl (C=O) groups is 3. The highest BCUT2D eigenvalue weighted by atomic mass is 35.5. The number of aryl methyl sites for hydroxylation is 1. The summed E-state index contributed by atoms with van der Waals surface area (Å²) in [4.78, 5) is 47.3. The molecule has 13 heteroatoms. The molecule has 1 atom stereocenters. The van der Waals surface area contributed by atoms with Crippen molar-refractivity contribution < 1.29 is 32.3 Å². The first-order valence-corrected chi connectivity index (χ1v) is 14.6. The molecule has 3 N–H and O–H groups in total. The molecule has 2 amide bonds. The fourth-order valence-electron chi connectivity index (χ4n) is 4.82. The molecule has 40 heavy (non-hydrogen) atoms. The van der Waals surface area contributed by atoms with Crippen molar-refractivity contribution in [1.82, 2.24) is 20.2 Å². The Balaban J connectivity index is 1.34. The van der Waals surface area contributed by atoms with Crippen LogP contribution in [0, 0.1) is 6.92 Å². The van der Waals surface area contributed by atoms with Crippen molar-refractivity contribution in [2.75, 3.05) is 12.8 Å². The summed E-state index contributed by atoms with van der Waals surface area (Å²) in [7, 11) is -3.60. The molecule has 1 aliphatic heterocycles. The summed E-state index contributed by atoms with van der Waals surface area (Å²) in [6.07, 6.45) is 2.76. The first-order chi connectivity index (χ1) is 18.9. The maximum absolute atomic E-state index is 13.2. The fourth-order valence-corrected chi connectivity index (χ4v) is 5.85. The van der Waals surface area contributed by atoms with E-state index < -0.39 is 27.8 Å². The number of pyridine rings is 1. The van der Waals surface area contributed by atoms with Crippen LogP contribution in [0.25, 0.3) is 11.0 Å². The number of H-pyrrole nitrogens is 1. The van der Waals surface area contributed by atoms with Gasteiger partial charge in [-0.05, 0) is 60.4 Å². The highest BCUT2D eigenvalue weighted by Crippen LogP contribution is 2.33. The Morgan fingerprint density at radius 1 is 1.25 bits per heavy atom. The van der Waals surface area contributed by atoms with Crippen LogP contribution in [0.2, 0.25) is 5.02 Å². The number of halogens is 1. The molecule has 3 aromatic heterocycles. The molecule has 5 rings (SSSR count). The zero-order valence-electron chi connectivity index (χ0n) is 21.5. The normalized spacial score (nSPS) is 14.1. The molecule has 0 bridgehead atoms. The van der Waals surface area contributed by atoms with E-state index in [1.165, 1.54) is 12.1 Å². The van der Waals surface area contributed by atoms with Gasteiger partial charge in [-0.2, -0.15) is 0 Å². The molecule has 0 aliphatic carbocycles. The van der Waals surface area contributed by atoms with Crippen LogP contribution >= 0.6 is 11.6 Å². The summed E-state index contributed by atoms with van der Waals surface area (Å²) in [5, 5.41) is 12.9. The number of fused-ring (bicyclic) bond motifs is 2. The third kappa shape index (κ3) is 5.32. The van der Waals surface area contributed by atoms with Crippen molar-refractivity contribution in [2.45, 2.75) is 37.4 Å². The van der Waals surface area contributed by atoms with Crippen LogP contribution in [-0.2, 0) is 34.0 Å². The molecule has 0 fully saturated rings. The number of aromatic amines is 1. The Morgan fingerprint density at radius 2 is 2.02 bits per heavy atom. The monoisotopic (exact) mass is 584 g/mol. The average molecular weight is 585 g/mol. The Hall–Kier alpha value is -4.16. The molecular weight excluding hydrogens is 560 g/mol. The van der Waals surface area contributed by atoms with Gasteiger partial charge >= 0.3 is 5.97 Å². The highest BCUT2D eigenvalue weighted by Gasteiger charge is 2.30. The largest absolute Gasteiger partial charge is 0.480 e. The molecule has 11 nitrogen and oxygen atoms in total. The number of sulfone groups is 1. The Labute approximate surface area is 234 Å². The summed E-state index contributed by atoms with van der Waals surface area (Å²) < 4.78 is 28.6. The average Bonchev–Trinajstić information content (AvgIpc) is 3.55. The molecule has 4 aromatic rings. The van der Waals surface area contributed by atoms with Crippen LogP contribution in [0.4, 0.5) is 0 Å². The van der Waals surface area contributed by atoms with Crippen molar-refractivity contribution in [3.63, 3.8) is 0 Å². The first-order valence-electron chi connectivity index (χ1n) is 12.3. The second-order valence-corrected chi connectivity index (χ2v) is 12.0. The van der Waals surface area contributed by atoms with E-state index >= 15 is 0 Å². The number of carboxylic acid groups (broad SMARTS) is 1. The molecule has 0 unspecified atom stereocenters. The zero-order chi connectivity index (χ0) is 28.8. The SMILES string of the molecule is Cc1cc2c(c(Cl)c1C(=O)N[C@@H](Cc1ccc(S(C)(=O)=O)o1)C(=O)O)CCN(C(=O)c1cc3cccnc3[nH]1)C2. The number of carbonyl (C=O) groups excluding carboxylic acids is 2. The topological polar surface area (TPSA) is 163 Å². The number of nitrogens with zero attached hydrogens (tertiary/aromatic N) is 2. The minimum absolute atomic E-state index is 0.0943. The summed E-state index contributed by atoms with van der Waals surface area (Å²) in [6.45, 7) is 2.35. The zero-order valence-corrected chi connectivity index (χ0v) is 23.1. The minimum Gasteiger partial charge on any atom is -0.480 e. The van der Waals surface area contributed by atoms with Crippen LogP contribution in [0.1, 0.15) is 43.3 Å². The number of hydrogen-bond donors (Lipinski definition) is 3. The van der Waals surface area contributed by atoms with Crippen molar-refractivity contribution in [2.24, 2.45) is 0 Å². The van der Waals surface area contributed by atoms with E-state index in [4.69, 9.17) is 16.0 Å². The van der Waals surface area contributed by atoms with Gasteiger partial charge < -0.3 is 24.7 Å². The summed E-state index contributed by atoms with van der Waals surface area (Å²) in [5.41, 5.74) is 3.23. The molecule has 4 heterocycles. The lowest BCUT2D eigenvalue weighted by atomic mass is 9.93. The minimum atomic E-state index is -3.60. The van der Waals surface area contributed by atoms with E-state index in [9.17, 15) is 27.9 Å². The van der Waals surface area contributed by atoms with Gasteiger partial charge in [0.05, 0.1) is 10.6 Å². The maximum Gasteiger partial charge on any atom is 0.326 e. The standard InChI is InChI=1S/C27H25ClN4O7S/c1-14-10-16-13-32(26(34)19-11-15-4-3-8-29-24(15)30-19)9-7-18(16)23(28)22(14)25(33)31-20(27(35)36)12-17-5-6-21(39-17)40(2,37)38/h3-6,8,10-11,20H,7,9,12-13H2,1-2H3,(H,29,30)(H,31,33)(H,35,36)/t20-/m0/s1. The molecule has 208 valence electrons. The number of furan rings is 1. The van der Waals surface area contributed by atoms with Crippen molar-refractivity contribution in [3.05, 3.63) is 81.3 Å². The van der Waals surface area contributed by atoms with Gasteiger partial charge in [-0.15, -0.1) is 0 Å². The molecule has 1 aromatic carbocycles. The van der Waals surface area contributed by atoms with Crippen molar-refractivity contribution in [1.29, 1.82) is 0 Å². The van der Waals surface area contributed by atoms with Gasteiger partial charge in [0, 0.05) is 37.3 Å². The lowest BCUT2D eigenvalue weighted by molar-refractivity contribution is -0.139. The van der Waals surface area contributed by atoms with E-state index in [1.807, 2.05) is 6.07 Å². The third-order valence-electron chi connectivity index (χ3n) is 6.80. The maximum atomic E-state index is 13.2. The Kier molecular flexibility index (Phi) is 7.15. The lowest BCUT2D eigenvalue weighted by Crippen LogP contribution is -2.43. The predicted molar refractivity (Wildman–Crippen MR) is 145 cm³/mol. The van der Waals surface area contributed by atoms with Gasteiger partial charge in [0.15, 0.2) is 0 Å². The predicted octanol–water partition coefficient (Wildman–Crippen LogP) is 3.15. The Bertz CT molecular complexity index is 1740.